The summed E-state index contributed by atoms with van der Waals surface area (Å²) in [6.07, 6.45) is 4.71. The number of amides is 3. The number of rotatable bonds is 5. The Morgan fingerprint density at radius 3 is 2.75 bits per heavy atom. The van der Waals surface area contributed by atoms with Crippen LogP contribution in [0.4, 0.5) is 15.6 Å². The second kappa shape index (κ2) is 11.8. The van der Waals surface area contributed by atoms with Gasteiger partial charge in [-0.25, -0.2) is 9.78 Å². The summed E-state index contributed by atoms with van der Waals surface area (Å²) in [5.74, 6) is -0.194. The normalized spacial score (nSPS) is 20.9. The molecule has 1 aliphatic carbocycles. The molecule has 3 aromatic rings. The van der Waals surface area contributed by atoms with Crippen LogP contribution in [-0.2, 0) is 17.6 Å². The molecule has 0 saturated carbocycles. The zero-order valence-electron chi connectivity index (χ0n) is 22.3. The maximum Gasteiger partial charge on any atom is 0.322 e. The number of carbonyl (C=O) groups is 2. The van der Waals surface area contributed by atoms with Crippen molar-refractivity contribution in [1.82, 2.24) is 14.8 Å². The molecule has 0 radical (unpaired) electrons. The van der Waals surface area contributed by atoms with E-state index in [2.05, 4.69) is 21.6 Å². The third-order valence-corrected chi connectivity index (χ3v) is 9.06. The quantitative estimate of drug-likeness (QED) is 0.466. The molecule has 6 rings (SSSR count). The number of urea groups is 1. The van der Waals surface area contributed by atoms with E-state index in [-0.39, 0.29) is 18.0 Å². The van der Waals surface area contributed by atoms with Gasteiger partial charge in [0.05, 0.1) is 36.6 Å². The van der Waals surface area contributed by atoms with Gasteiger partial charge in [-0.1, -0.05) is 18.2 Å². The van der Waals surface area contributed by atoms with Crippen molar-refractivity contribution in [2.75, 3.05) is 43.5 Å². The Morgan fingerprint density at radius 2 is 1.90 bits per heavy atom. The predicted octanol–water partition coefficient (Wildman–Crippen LogP) is 4.83. The van der Waals surface area contributed by atoms with Crippen molar-refractivity contribution in [3.05, 3.63) is 75.8 Å². The van der Waals surface area contributed by atoms with Crippen LogP contribution >= 0.6 is 11.3 Å². The molecule has 0 bridgehead atoms. The number of carbonyl (C=O) groups excluding carboxylic acids is 2. The van der Waals surface area contributed by atoms with Gasteiger partial charge in [0, 0.05) is 48.2 Å². The Hall–Kier alpha value is -3.78. The lowest BCUT2D eigenvalue weighted by atomic mass is 9.96. The van der Waals surface area contributed by atoms with Crippen molar-refractivity contribution < 1.29 is 14.3 Å². The van der Waals surface area contributed by atoms with Crippen molar-refractivity contribution in [1.29, 1.82) is 5.26 Å². The summed E-state index contributed by atoms with van der Waals surface area (Å²) in [5.41, 5.74) is 3.66. The van der Waals surface area contributed by atoms with E-state index in [0.717, 1.165) is 69.7 Å². The Bertz CT molecular complexity index is 1440. The Labute approximate surface area is 237 Å². The van der Waals surface area contributed by atoms with Gasteiger partial charge in [0.15, 0.2) is 5.13 Å². The molecule has 3 heterocycles. The number of nitrogens with one attached hydrogen (secondary N) is 2. The largest absolute Gasteiger partial charge is 0.379 e. The minimum atomic E-state index is -0.212. The molecule has 2 fully saturated rings. The van der Waals surface area contributed by atoms with Gasteiger partial charge in [0.1, 0.15) is 0 Å². The van der Waals surface area contributed by atoms with Crippen molar-refractivity contribution >= 4 is 34.1 Å². The minimum Gasteiger partial charge on any atom is -0.379 e. The molecular weight excluding hydrogens is 524 g/mol. The second-order valence-electron chi connectivity index (χ2n) is 10.5. The lowest BCUT2D eigenvalue weighted by Crippen LogP contribution is -2.45. The molecule has 0 unspecified atom stereocenters. The van der Waals surface area contributed by atoms with Crippen molar-refractivity contribution in [2.45, 2.75) is 44.2 Å². The first-order chi connectivity index (χ1) is 19.6. The molecule has 2 aliphatic heterocycles. The average Bonchev–Trinajstić information content (AvgIpc) is 3.64. The van der Waals surface area contributed by atoms with Crippen LogP contribution in [0.25, 0.3) is 0 Å². The third kappa shape index (κ3) is 5.72. The molecule has 206 valence electrons. The van der Waals surface area contributed by atoms with Crippen LogP contribution in [0.5, 0.6) is 0 Å². The summed E-state index contributed by atoms with van der Waals surface area (Å²) < 4.78 is 5.51. The highest BCUT2D eigenvalue weighted by atomic mass is 32.1. The zero-order chi connectivity index (χ0) is 27.5. The molecule has 0 spiro atoms. The topological polar surface area (TPSA) is 111 Å². The van der Waals surface area contributed by atoms with Gasteiger partial charge in [-0.05, 0) is 61.6 Å². The molecular formula is C30H32N6O3S. The second-order valence-corrected chi connectivity index (χ2v) is 11.6. The van der Waals surface area contributed by atoms with Crippen molar-refractivity contribution in [3.63, 3.8) is 0 Å². The van der Waals surface area contributed by atoms with Crippen LogP contribution in [0.15, 0.2) is 48.5 Å². The van der Waals surface area contributed by atoms with Gasteiger partial charge >= 0.3 is 6.03 Å². The molecule has 3 aliphatic rings. The van der Waals surface area contributed by atoms with Crippen LogP contribution < -0.4 is 10.6 Å². The highest BCUT2D eigenvalue weighted by molar-refractivity contribution is 7.15. The summed E-state index contributed by atoms with van der Waals surface area (Å²) in [5, 5.41) is 15.7. The lowest BCUT2D eigenvalue weighted by Gasteiger charge is -2.36. The van der Waals surface area contributed by atoms with Gasteiger partial charge in [-0.2, -0.15) is 5.26 Å². The molecule has 2 N–H and O–H groups in total. The summed E-state index contributed by atoms with van der Waals surface area (Å²) in [4.78, 5) is 36.7. The van der Waals surface area contributed by atoms with E-state index in [1.54, 1.807) is 46.6 Å². The van der Waals surface area contributed by atoms with E-state index < -0.39 is 0 Å². The standard InChI is InChI=1S/C30H32N6O3S/c31-19-20-4-1-7-23(16-20)32-30(38)36-11-3-8-26(36)21-5-2-6-22(17-21)28(37)34-29-33-25-18-24(9-10-27(25)40-29)35-12-14-39-15-13-35/h1-2,4-7,16-17,24,26H,3,8-15,18H2,(H,32,38)(H,33,34,37)/t24-,26+/m0/s1. The number of anilines is 2. The van der Waals surface area contributed by atoms with E-state index in [1.807, 2.05) is 18.2 Å². The maximum atomic E-state index is 13.2. The average molecular weight is 557 g/mol. The fourth-order valence-electron chi connectivity index (χ4n) is 5.94. The summed E-state index contributed by atoms with van der Waals surface area (Å²) >= 11 is 1.58. The van der Waals surface area contributed by atoms with E-state index in [1.165, 1.54) is 4.88 Å². The molecule has 2 aromatic carbocycles. The minimum absolute atomic E-state index is 0.129. The number of nitriles is 1. The highest BCUT2D eigenvalue weighted by Crippen LogP contribution is 2.34. The fraction of sp³-hybridized carbons (Fsp3) is 0.400. The SMILES string of the molecule is N#Cc1cccc(NC(=O)N2CCC[C@@H]2c2cccc(C(=O)Nc3nc4c(s3)CC[C@H](N3CCOCC3)C4)c2)c1. The fourth-order valence-corrected chi connectivity index (χ4v) is 6.94. The van der Waals surface area contributed by atoms with E-state index in [4.69, 9.17) is 15.0 Å². The van der Waals surface area contributed by atoms with Crippen LogP contribution in [0.2, 0.25) is 0 Å². The molecule has 1 aromatic heterocycles. The van der Waals surface area contributed by atoms with Crippen molar-refractivity contribution in [3.8, 4) is 6.07 Å². The first-order valence-corrected chi connectivity index (χ1v) is 14.7. The molecule has 40 heavy (non-hydrogen) atoms. The monoisotopic (exact) mass is 556 g/mol. The van der Waals surface area contributed by atoms with Crippen molar-refractivity contribution in [2.24, 2.45) is 0 Å². The maximum absolute atomic E-state index is 13.2. The lowest BCUT2D eigenvalue weighted by molar-refractivity contribution is 0.0136. The number of aromatic nitrogens is 1. The Kier molecular flexibility index (Phi) is 7.77. The van der Waals surface area contributed by atoms with Crippen LogP contribution in [0.3, 0.4) is 0 Å². The number of hydrogen-bond donors (Lipinski definition) is 2. The predicted molar refractivity (Wildman–Crippen MR) is 154 cm³/mol. The van der Waals surface area contributed by atoms with Crippen LogP contribution in [-0.4, -0.2) is 65.6 Å². The van der Waals surface area contributed by atoms with Gasteiger partial charge in [-0.15, -0.1) is 11.3 Å². The summed E-state index contributed by atoms with van der Waals surface area (Å²) in [6.45, 7) is 4.15. The van der Waals surface area contributed by atoms with E-state index in [9.17, 15) is 9.59 Å². The van der Waals surface area contributed by atoms with Gasteiger partial charge in [0.2, 0.25) is 0 Å². The number of likely N-dealkylation sites (tertiary alicyclic amines) is 1. The number of morpholine rings is 1. The van der Waals surface area contributed by atoms with Gasteiger partial charge < -0.3 is 15.0 Å². The van der Waals surface area contributed by atoms with E-state index >= 15 is 0 Å². The Morgan fingerprint density at radius 1 is 1.05 bits per heavy atom. The first-order valence-electron chi connectivity index (χ1n) is 13.9. The van der Waals surface area contributed by atoms with Crippen LogP contribution in [0.1, 0.15) is 57.4 Å². The number of fused-ring (bicyclic) bond motifs is 1. The van der Waals surface area contributed by atoms with Gasteiger partial charge in [0.25, 0.3) is 5.91 Å². The van der Waals surface area contributed by atoms with E-state index in [0.29, 0.717) is 34.5 Å². The number of thiazole rings is 1. The summed E-state index contributed by atoms with van der Waals surface area (Å²) in [7, 11) is 0. The number of hydrogen-bond acceptors (Lipinski definition) is 7. The first kappa shape index (κ1) is 26.4. The highest BCUT2D eigenvalue weighted by Gasteiger charge is 2.31. The number of ether oxygens (including phenoxy) is 1. The zero-order valence-corrected chi connectivity index (χ0v) is 23.1. The molecule has 10 heteroatoms. The molecule has 2 atom stereocenters. The Balaban J connectivity index is 1.11. The smallest absolute Gasteiger partial charge is 0.322 e. The number of benzene rings is 2. The van der Waals surface area contributed by atoms with Crippen LogP contribution in [0, 0.1) is 11.3 Å². The molecule has 2 saturated heterocycles. The van der Waals surface area contributed by atoms with Gasteiger partial charge in [-0.3, -0.25) is 15.0 Å². The molecule has 3 amide bonds. The summed E-state index contributed by atoms with van der Waals surface area (Å²) in [6, 6.07) is 16.6. The third-order valence-electron chi connectivity index (χ3n) is 7.98. The molecule has 9 nitrogen and oxygen atoms in total. The number of nitrogens with zero attached hydrogens (tertiary/aromatic N) is 4. The number of aryl methyl sites for hydroxylation is 1.